The van der Waals surface area contributed by atoms with Crippen molar-refractivity contribution in [2.75, 3.05) is 0 Å². The highest BCUT2D eigenvalue weighted by molar-refractivity contribution is 5.38. The van der Waals surface area contributed by atoms with Crippen LogP contribution < -0.4 is 10.5 Å². The molecule has 0 aromatic heterocycles. The van der Waals surface area contributed by atoms with Gasteiger partial charge in [-0.25, -0.2) is 0 Å². The van der Waals surface area contributed by atoms with Crippen LogP contribution in [0, 0.1) is 0 Å². The summed E-state index contributed by atoms with van der Waals surface area (Å²) in [6.45, 7) is 0.0476. The Kier molecular flexibility index (Phi) is 3.80. The van der Waals surface area contributed by atoms with Gasteiger partial charge in [-0.3, -0.25) is 0 Å². The van der Waals surface area contributed by atoms with Crippen molar-refractivity contribution in [3.8, 4) is 5.75 Å². The quantitative estimate of drug-likeness (QED) is 0.901. The van der Waals surface area contributed by atoms with E-state index in [1.54, 1.807) is 0 Å². The lowest BCUT2D eigenvalue weighted by Crippen LogP contribution is -2.14. The van der Waals surface area contributed by atoms with Gasteiger partial charge in [-0.1, -0.05) is 0 Å². The van der Waals surface area contributed by atoms with Crippen LogP contribution in [0.4, 0.5) is 13.2 Å². The summed E-state index contributed by atoms with van der Waals surface area (Å²) in [5.74, 6) is 0.484. The number of benzene rings is 1. The SMILES string of the molecule is NCc1cc(C(F)(F)F)ccc1OC1CCCC1. The van der Waals surface area contributed by atoms with Crippen LogP contribution in [0.2, 0.25) is 0 Å². The van der Waals surface area contributed by atoms with Crippen molar-refractivity contribution in [3.05, 3.63) is 29.3 Å². The van der Waals surface area contributed by atoms with Crippen LogP contribution in [-0.2, 0) is 12.7 Å². The van der Waals surface area contributed by atoms with Gasteiger partial charge in [0.15, 0.2) is 0 Å². The van der Waals surface area contributed by atoms with Crippen LogP contribution in [0.15, 0.2) is 18.2 Å². The van der Waals surface area contributed by atoms with Crippen molar-refractivity contribution in [2.24, 2.45) is 5.73 Å². The van der Waals surface area contributed by atoms with Gasteiger partial charge in [-0.05, 0) is 43.9 Å². The van der Waals surface area contributed by atoms with E-state index in [1.165, 1.54) is 6.07 Å². The summed E-state index contributed by atoms with van der Waals surface area (Å²) >= 11 is 0. The molecule has 1 fully saturated rings. The Morgan fingerprint density at radius 1 is 1.22 bits per heavy atom. The Labute approximate surface area is 104 Å². The van der Waals surface area contributed by atoms with E-state index >= 15 is 0 Å². The van der Waals surface area contributed by atoms with Crippen molar-refractivity contribution in [2.45, 2.75) is 44.5 Å². The largest absolute Gasteiger partial charge is 0.490 e. The lowest BCUT2D eigenvalue weighted by Gasteiger charge is -2.17. The van der Waals surface area contributed by atoms with Gasteiger partial charge >= 0.3 is 6.18 Å². The maximum Gasteiger partial charge on any atom is 0.416 e. The van der Waals surface area contributed by atoms with Crippen molar-refractivity contribution in [1.82, 2.24) is 0 Å². The maximum absolute atomic E-state index is 12.6. The van der Waals surface area contributed by atoms with Crippen molar-refractivity contribution >= 4 is 0 Å². The Balaban J connectivity index is 2.20. The normalized spacial score (nSPS) is 17.1. The highest BCUT2D eigenvalue weighted by Gasteiger charge is 2.31. The highest BCUT2D eigenvalue weighted by Crippen LogP contribution is 2.33. The molecule has 18 heavy (non-hydrogen) atoms. The molecule has 2 N–H and O–H groups in total. The number of alkyl halides is 3. The molecule has 2 rings (SSSR count). The third-order valence-electron chi connectivity index (χ3n) is 3.20. The molecule has 5 heteroatoms. The van der Waals surface area contributed by atoms with Gasteiger partial charge < -0.3 is 10.5 Å². The molecular weight excluding hydrogens is 243 g/mol. The van der Waals surface area contributed by atoms with Crippen LogP contribution in [0.5, 0.6) is 5.75 Å². The lowest BCUT2D eigenvalue weighted by atomic mass is 10.1. The van der Waals surface area contributed by atoms with E-state index in [9.17, 15) is 13.2 Å². The van der Waals surface area contributed by atoms with Gasteiger partial charge in [0.1, 0.15) is 5.75 Å². The first-order valence-electron chi connectivity index (χ1n) is 6.07. The number of hydrogen-bond acceptors (Lipinski definition) is 2. The molecule has 1 saturated carbocycles. The van der Waals surface area contributed by atoms with E-state index in [0.717, 1.165) is 37.8 Å². The van der Waals surface area contributed by atoms with Crippen molar-refractivity contribution in [1.29, 1.82) is 0 Å². The average Bonchev–Trinajstić information content (AvgIpc) is 2.81. The summed E-state index contributed by atoms with van der Waals surface area (Å²) in [5, 5.41) is 0. The predicted octanol–water partition coefficient (Wildman–Crippen LogP) is 3.49. The Morgan fingerprint density at radius 2 is 1.89 bits per heavy atom. The molecule has 0 amide bonds. The Hall–Kier alpha value is -1.23. The second-order valence-electron chi connectivity index (χ2n) is 4.55. The predicted molar refractivity (Wildman–Crippen MR) is 62.2 cm³/mol. The van der Waals surface area contributed by atoms with Gasteiger partial charge in [-0.2, -0.15) is 13.2 Å². The van der Waals surface area contributed by atoms with Gasteiger partial charge in [0, 0.05) is 12.1 Å². The minimum Gasteiger partial charge on any atom is -0.490 e. The number of rotatable bonds is 3. The number of nitrogens with two attached hydrogens (primary N) is 1. The first-order chi connectivity index (χ1) is 8.50. The standard InChI is InChI=1S/C13H16F3NO/c14-13(15,16)10-5-6-12(9(7-10)8-17)18-11-3-1-2-4-11/h5-7,11H,1-4,8,17H2. The fraction of sp³-hybridized carbons (Fsp3) is 0.538. The van der Waals surface area contributed by atoms with E-state index in [4.69, 9.17) is 10.5 Å². The van der Waals surface area contributed by atoms with Gasteiger partial charge in [0.25, 0.3) is 0 Å². The topological polar surface area (TPSA) is 35.2 Å². The fourth-order valence-electron chi connectivity index (χ4n) is 2.22. The Morgan fingerprint density at radius 3 is 2.44 bits per heavy atom. The Bertz CT molecular complexity index is 411. The number of halogens is 3. The fourth-order valence-corrected chi connectivity index (χ4v) is 2.22. The third-order valence-corrected chi connectivity index (χ3v) is 3.20. The van der Waals surface area contributed by atoms with Crippen LogP contribution in [0.1, 0.15) is 36.8 Å². The van der Waals surface area contributed by atoms with Crippen molar-refractivity contribution < 1.29 is 17.9 Å². The summed E-state index contributed by atoms with van der Waals surface area (Å²) in [5.41, 5.74) is 5.22. The summed E-state index contributed by atoms with van der Waals surface area (Å²) < 4.78 is 43.4. The first kappa shape index (κ1) is 13.2. The average molecular weight is 259 g/mol. The molecule has 0 aliphatic heterocycles. The zero-order valence-electron chi connectivity index (χ0n) is 9.96. The van der Waals surface area contributed by atoms with E-state index in [-0.39, 0.29) is 12.6 Å². The smallest absolute Gasteiger partial charge is 0.416 e. The number of hydrogen-bond donors (Lipinski definition) is 1. The minimum absolute atomic E-state index is 0.0476. The van der Waals surface area contributed by atoms with Crippen LogP contribution in [0.25, 0.3) is 0 Å². The van der Waals surface area contributed by atoms with E-state index in [0.29, 0.717) is 11.3 Å². The molecule has 0 heterocycles. The second-order valence-corrected chi connectivity index (χ2v) is 4.55. The zero-order chi connectivity index (χ0) is 13.2. The monoisotopic (exact) mass is 259 g/mol. The van der Waals surface area contributed by atoms with Crippen molar-refractivity contribution in [3.63, 3.8) is 0 Å². The molecular formula is C13H16F3NO. The summed E-state index contributed by atoms with van der Waals surface area (Å²) in [6.07, 6.45) is -0.0645. The van der Waals surface area contributed by atoms with Crippen LogP contribution >= 0.6 is 0 Å². The molecule has 2 nitrogen and oxygen atoms in total. The van der Waals surface area contributed by atoms with Gasteiger partial charge in [0.05, 0.1) is 11.7 Å². The number of ether oxygens (including phenoxy) is 1. The summed E-state index contributed by atoms with van der Waals surface area (Å²) in [6, 6.07) is 3.50. The molecule has 0 radical (unpaired) electrons. The molecule has 1 aromatic rings. The third kappa shape index (κ3) is 2.96. The zero-order valence-corrected chi connectivity index (χ0v) is 9.96. The van der Waals surface area contributed by atoms with Gasteiger partial charge in [-0.15, -0.1) is 0 Å². The molecule has 1 aromatic carbocycles. The summed E-state index contributed by atoms with van der Waals surface area (Å²) in [7, 11) is 0. The highest BCUT2D eigenvalue weighted by atomic mass is 19.4. The maximum atomic E-state index is 12.6. The van der Waals surface area contributed by atoms with Crippen LogP contribution in [-0.4, -0.2) is 6.10 Å². The first-order valence-corrected chi connectivity index (χ1v) is 6.07. The van der Waals surface area contributed by atoms with Gasteiger partial charge in [0.2, 0.25) is 0 Å². The molecule has 0 saturated heterocycles. The van der Waals surface area contributed by atoms with E-state index in [2.05, 4.69) is 0 Å². The minimum atomic E-state index is -4.34. The molecule has 1 aliphatic rings. The second kappa shape index (κ2) is 5.18. The molecule has 0 unspecified atom stereocenters. The molecule has 1 aliphatic carbocycles. The van der Waals surface area contributed by atoms with Crippen LogP contribution in [0.3, 0.4) is 0 Å². The lowest BCUT2D eigenvalue weighted by molar-refractivity contribution is -0.137. The summed E-state index contributed by atoms with van der Waals surface area (Å²) in [4.78, 5) is 0. The van der Waals surface area contributed by atoms with E-state index < -0.39 is 11.7 Å². The molecule has 0 spiro atoms. The molecule has 100 valence electrons. The van der Waals surface area contributed by atoms with E-state index in [1.807, 2.05) is 0 Å². The molecule has 0 atom stereocenters. The molecule has 0 bridgehead atoms.